The lowest BCUT2D eigenvalue weighted by molar-refractivity contribution is -0.122. The molecule has 1 rings (SSSR count). The zero-order chi connectivity index (χ0) is 16.0. The van der Waals surface area contributed by atoms with Crippen molar-refractivity contribution in [3.8, 4) is 5.75 Å². The van der Waals surface area contributed by atoms with Crippen LogP contribution in [-0.4, -0.2) is 18.6 Å². The first-order valence-corrected chi connectivity index (χ1v) is 7.35. The Kier molecular flexibility index (Phi) is 9.55. The second-order valence-electron chi connectivity index (χ2n) is 5.08. The van der Waals surface area contributed by atoms with Crippen LogP contribution >= 0.6 is 28.3 Å². The van der Waals surface area contributed by atoms with Gasteiger partial charge in [0.25, 0.3) is 0 Å². The van der Waals surface area contributed by atoms with Crippen molar-refractivity contribution in [3.63, 3.8) is 0 Å². The molecule has 0 heterocycles. The number of ether oxygens (including phenoxy) is 1. The van der Waals surface area contributed by atoms with Gasteiger partial charge in [-0.2, -0.15) is 8.78 Å². The van der Waals surface area contributed by atoms with E-state index in [0.29, 0.717) is 22.4 Å². The smallest absolute Gasteiger partial charge is 0.387 e. The van der Waals surface area contributed by atoms with Crippen LogP contribution in [0.25, 0.3) is 0 Å². The lowest BCUT2D eigenvalue weighted by Crippen LogP contribution is -2.41. The highest BCUT2D eigenvalue weighted by Gasteiger charge is 2.16. The molecule has 0 aromatic heterocycles. The number of hydrogen-bond acceptors (Lipinski definition) is 3. The summed E-state index contributed by atoms with van der Waals surface area (Å²) in [4.78, 5) is 11.8. The predicted octanol–water partition coefficient (Wildman–Crippen LogP) is 3.46. The Morgan fingerprint density at radius 1 is 1.41 bits per heavy atom. The van der Waals surface area contributed by atoms with Crippen LogP contribution in [0.4, 0.5) is 8.78 Å². The van der Waals surface area contributed by atoms with Gasteiger partial charge in [0.2, 0.25) is 5.91 Å². The van der Waals surface area contributed by atoms with E-state index in [0.717, 1.165) is 0 Å². The van der Waals surface area contributed by atoms with Gasteiger partial charge in [-0.25, -0.2) is 0 Å². The van der Waals surface area contributed by atoms with Crippen LogP contribution in [0.5, 0.6) is 5.75 Å². The summed E-state index contributed by atoms with van der Waals surface area (Å²) in [7, 11) is 0. The highest BCUT2D eigenvalue weighted by Crippen LogP contribution is 2.24. The van der Waals surface area contributed by atoms with Crippen LogP contribution in [0.1, 0.15) is 25.8 Å². The summed E-state index contributed by atoms with van der Waals surface area (Å²) in [6.07, 6.45) is 0.560. The molecule has 4 nitrogen and oxygen atoms in total. The summed E-state index contributed by atoms with van der Waals surface area (Å²) in [5, 5.41) is 2.64. The summed E-state index contributed by atoms with van der Waals surface area (Å²) < 4.78 is 29.8. The highest BCUT2D eigenvalue weighted by molar-refractivity contribution is 9.10. The van der Waals surface area contributed by atoms with E-state index in [2.05, 4.69) is 26.0 Å². The number of carbonyl (C=O) groups is 1. The first kappa shape index (κ1) is 21.1. The lowest BCUT2D eigenvalue weighted by Gasteiger charge is -2.16. The van der Waals surface area contributed by atoms with Crippen molar-refractivity contribution < 1.29 is 18.3 Å². The van der Waals surface area contributed by atoms with Gasteiger partial charge in [-0.1, -0.05) is 29.8 Å². The van der Waals surface area contributed by atoms with E-state index >= 15 is 0 Å². The molecule has 1 aromatic rings. The Balaban J connectivity index is 0.00000441. The van der Waals surface area contributed by atoms with Crippen molar-refractivity contribution in [1.29, 1.82) is 0 Å². The average molecular weight is 402 g/mol. The summed E-state index contributed by atoms with van der Waals surface area (Å²) in [5.41, 5.74) is 6.21. The first-order chi connectivity index (χ1) is 9.79. The zero-order valence-corrected chi connectivity index (χ0v) is 14.7. The van der Waals surface area contributed by atoms with Crippen molar-refractivity contribution in [2.24, 2.45) is 11.7 Å². The number of amides is 1. The minimum absolute atomic E-state index is 0. The van der Waals surface area contributed by atoms with E-state index in [9.17, 15) is 13.6 Å². The second kappa shape index (κ2) is 9.97. The molecule has 0 spiro atoms. The number of alkyl halides is 2. The molecule has 126 valence electrons. The fourth-order valence-corrected chi connectivity index (χ4v) is 2.23. The van der Waals surface area contributed by atoms with Gasteiger partial charge in [-0.05, 0) is 30.5 Å². The van der Waals surface area contributed by atoms with Crippen LogP contribution < -0.4 is 15.8 Å². The van der Waals surface area contributed by atoms with Crippen LogP contribution in [0.3, 0.4) is 0 Å². The Morgan fingerprint density at radius 3 is 2.59 bits per heavy atom. The molecule has 1 atom stereocenters. The number of carbonyl (C=O) groups excluding carboxylic acids is 1. The topological polar surface area (TPSA) is 64.4 Å². The zero-order valence-electron chi connectivity index (χ0n) is 12.3. The molecule has 0 fully saturated rings. The minimum atomic E-state index is -2.91. The van der Waals surface area contributed by atoms with E-state index in [-0.39, 0.29) is 30.6 Å². The number of hydrogen-bond donors (Lipinski definition) is 2. The van der Waals surface area contributed by atoms with Gasteiger partial charge in [0, 0.05) is 16.6 Å². The largest absolute Gasteiger partial charge is 0.434 e. The molecule has 0 saturated carbocycles. The summed E-state index contributed by atoms with van der Waals surface area (Å²) >= 11 is 3.25. The van der Waals surface area contributed by atoms with E-state index in [1.54, 1.807) is 12.1 Å². The summed E-state index contributed by atoms with van der Waals surface area (Å²) in [5.74, 6) is 0.0203. The van der Waals surface area contributed by atoms with Gasteiger partial charge in [-0.3, -0.25) is 4.79 Å². The number of halogens is 4. The van der Waals surface area contributed by atoms with Crippen LogP contribution in [0.15, 0.2) is 22.7 Å². The standard InChI is InChI=1S/C14H19BrF2N2O2.ClH/c1-8(2)5-11(18)13(20)19-7-9-6-10(15)3-4-12(9)21-14(16)17;/h3-4,6,8,11,14H,5,7,18H2,1-2H3,(H,19,20);1H/t11-;/m0./s1. The molecule has 0 bridgehead atoms. The van der Waals surface area contributed by atoms with Crippen molar-refractivity contribution in [2.45, 2.75) is 39.5 Å². The average Bonchev–Trinajstić information content (AvgIpc) is 2.37. The van der Waals surface area contributed by atoms with E-state index in [1.165, 1.54) is 6.07 Å². The van der Waals surface area contributed by atoms with Crippen molar-refractivity contribution in [3.05, 3.63) is 28.2 Å². The maximum absolute atomic E-state index is 12.3. The monoisotopic (exact) mass is 400 g/mol. The molecule has 0 aliphatic heterocycles. The molecular formula is C14H20BrClF2N2O2. The fraction of sp³-hybridized carbons (Fsp3) is 0.500. The number of rotatable bonds is 7. The van der Waals surface area contributed by atoms with Crippen molar-refractivity contribution in [2.75, 3.05) is 0 Å². The Bertz CT molecular complexity index is 490. The third-order valence-corrected chi connectivity index (χ3v) is 3.25. The number of nitrogens with two attached hydrogens (primary N) is 1. The van der Waals surface area contributed by atoms with Crippen LogP contribution in [0.2, 0.25) is 0 Å². The lowest BCUT2D eigenvalue weighted by atomic mass is 10.0. The van der Waals surface area contributed by atoms with Gasteiger partial charge in [0.1, 0.15) is 5.75 Å². The Labute approximate surface area is 143 Å². The molecule has 0 aliphatic rings. The molecule has 0 unspecified atom stereocenters. The van der Waals surface area contributed by atoms with Gasteiger partial charge in [0.15, 0.2) is 0 Å². The molecule has 0 saturated heterocycles. The first-order valence-electron chi connectivity index (χ1n) is 6.56. The quantitative estimate of drug-likeness (QED) is 0.735. The van der Waals surface area contributed by atoms with Crippen LogP contribution in [0, 0.1) is 5.92 Å². The van der Waals surface area contributed by atoms with Gasteiger partial charge >= 0.3 is 6.61 Å². The van der Waals surface area contributed by atoms with Crippen molar-refractivity contribution in [1.82, 2.24) is 5.32 Å². The summed E-state index contributed by atoms with van der Waals surface area (Å²) in [6, 6.07) is 4.02. The second-order valence-corrected chi connectivity index (χ2v) is 6.00. The van der Waals surface area contributed by atoms with E-state index < -0.39 is 12.7 Å². The third-order valence-electron chi connectivity index (χ3n) is 2.75. The maximum atomic E-state index is 12.3. The number of benzene rings is 1. The molecule has 1 amide bonds. The predicted molar refractivity (Wildman–Crippen MR) is 87.3 cm³/mol. The van der Waals surface area contributed by atoms with Gasteiger partial charge in [-0.15, -0.1) is 12.4 Å². The number of nitrogens with one attached hydrogen (secondary N) is 1. The molecule has 8 heteroatoms. The third kappa shape index (κ3) is 7.38. The fourth-order valence-electron chi connectivity index (χ4n) is 1.83. The highest BCUT2D eigenvalue weighted by atomic mass is 79.9. The van der Waals surface area contributed by atoms with Crippen LogP contribution in [-0.2, 0) is 11.3 Å². The molecule has 3 N–H and O–H groups in total. The Hall–Kier alpha value is -0.920. The Morgan fingerprint density at radius 2 is 2.05 bits per heavy atom. The maximum Gasteiger partial charge on any atom is 0.387 e. The molecule has 22 heavy (non-hydrogen) atoms. The molecular weight excluding hydrogens is 382 g/mol. The van der Waals surface area contributed by atoms with Crippen molar-refractivity contribution >= 4 is 34.2 Å². The summed E-state index contributed by atoms with van der Waals surface area (Å²) in [6.45, 7) is 1.10. The van der Waals surface area contributed by atoms with Gasteiger partial charge in [0.05, 0.1) is 6.04 Å². The minimum Gasteiger partial charge on any atom is -0.434 e. The molecule has 0 radical (unpaired) electrons. The normalized spacial score (nSPS) is 12.0. The van der Waals surface area contributed by atoms with E-state index in [4.69, 9.17) is 5.73 Å². The molecule has 0 aliphatic carbocycles. The molecule has 1 aromatic carbocycles. The van der Waals surface area contributed by atoms with Gasteiger partial charge < -0.3 is 15.8 Å². The van der Waals surface area contributed by atoms with E-state index in [1.807, 2.05) is 13.8 Å². The SMILES string of the molecule is CC(C)C[C@H](N)C(=O)NCc1cc(Br)ccc1OC(F)F.Cl.